The van der Waals surface area contributed by atoms with Crippen molar-refractivity contribution in [2.75, 3.05) is 18.2 Å². The van der Waals surface area contributed by atoms with Crippen LogP contribution in [0.15, 0.2) is 53.1 Å². The summed E-state index contributed by atoms with van der Waals surface area (Å²) in [6.45, 7) is 1.87. The van der Waals surface area contributed by atoms with E-state index in [1.54, 1.807) is 24.3 Å². The van der Waals surface area contributed by atoms with Gasteiger partial charge >= 0.3 is 5.97 Å². The number of amides is 2. The number of hydrogen-bond donors (Lipinski definition) is 2. The van der Waals surface area contributed by atoms with Crippen LogP contribution in [0.25, 0.3) is 0 Å². The molecule has 170 valence electrons. The second-order valence-corrected chi connectivity index (χ2v) is 8.97. The molecular weight excluding hydrogens is 485 g/mol. The zero-order chi connectivity index (χ0) is 24.1. The Kier molecular flexibility index (Phi) is 8.03. The van der Waals surface area contributed by atoms with Crippen LogP contribution in [0.4, 0.5) is 5.69 Å². The number of carbonyl (C=O) groups excluding carboxylic acids is 3. The van der Waals surface area contributed by atoms with Crippen LogP contribution in [-0.2, 0) is 19.1 Å². The largest absolute Gasteiger partial charge is 0.468 e. The number of anilines is 1. The molecule has 0 saturated carbocycles. The first-order valence-corrected chi connectivity index (χ1v) is 11.5. The molecule has 0 saturated heterocycles. The number of nitrogens with zero attached hydrogens (tertiary/aromatic N) is 1. The van der Waals surface area contributed by atoms with E-state index < -0.39 is 23.7 Å². The first-order valence-electron chi connectivity index (χ1n) is 9.73. The van der Waals surface area contributed by atoms with Gasteiger partial charge in [-0.15, -0.1) is 0 Å². The maximum absolute atomic E-state index is 12.9. The highest BCUT2D eigenvalue weighted by molar-refractivity contribution is 8.03. The molecule has 2 amide bonds. The second-order valence-electron chi connectivity index (χ2n) is 7.14. The van der Waals surface area contributed by atoms with Crippen LogP contribution in [0.3, 0.4) is 0 Å². The molecule has 0 fully saturated rings. The minimum atomic E-state index is -1.33. The lowest BCUT2D eigenvalue weighted by Gasteiger charge is -2.31. The van der Waals surface area contributed by atoms with Crippen LogP contribution < -0.4 is 10.6 Å². The van der Waals surface area contributed by atoms with E-state index in [2.05, 4.69) is 16.7 Å². The summed E-state index contributed by atoms with van der Waals surface area (Å²) in [4.78, 5) is 37.8. The van der Waals surface area contributed by atoms with Crippen molar-refractivity contribution in [3.63, 3.8) is 0 Å². The highest BCUT2D eigenvalue weighted by Crippen LogP contribution is 2.43. The zero-order valence-electron chi connectivity index (χ0n) is 17.6. The van der Waals surface area contributed by atoms with E-state index >= 15 is 0 Å². The number of ether oxygens (including phenoxy) is 1. The van der Waals surface area contributed by atoms with Crippen molar-refractivity contribution in [1.82, 2.24) is 5.32 Å². The first kappa shape index (κ1) is 24.6. The average Bonchev–Trinajstić information content (AvgIpc) is 2.78. The Balaban J connectivity index is 1.94. The zero-order valence-corrected chi connectivity index (χ0v) is 20.0. The summed E-state index contributed by atoms with van der Waals surface area (Å²) in [6.07, 6.45) is 0. The lowest BCUT2D eigenvalue weighted by Crippen LogP contribution is -2.44. The number of halogens is 2. The Bertz CT molecular complexity index is 1190. The van der Waals surface area contributed by atoms with Crippen molar-refractivity contribution in [3.8, 4) is 6.07 Å². The van der Waals surface area contributed by atoms with Crippen LogP contribution in [0.5, 0.6) is 0 Å². The maximum Gasteiger partial charge on any atom is 0.319 e. The maximum atomic E-state index is 12.9. The van der Waals surface area contributed by atoms with Gasteiger partial charge in [-0.05, 0) is 36.2 Å². The van der Waals surface area contributed by atoms with Gasteiger partial charge in [-0.25, -0.2) is 0 Å². The lowest BCUT2D eigenvalue weighted by molar-refractivity contribution is -0.150. The third kappa shape index (κ3) is 5.50. The quantitative estimate of drug-likeness (QED) is 0.446. The van der Waals surface area contributed by atoms with E-state index in [4.69, 9.17) is 27.9 Å². The Morgan fingerprint density at radius 2 is 1.97 bits per heavy atom. The van der Waals surface area contributed by atoms with E-state index in [0.29, 0.717) is 16.3 Å². The fourth-order valence-corrected chi connectivity index (χ4v) is 4.82. The van der Waals surface area contributed by atoms with Gasteiger partial charge in [0.1, 0.15) is 5.92 Å². The molecule has 0 aliphatic carbocycles. The number of allylic oxidation sites excluding steroid dienone is 1. The van der Waals surface area contributed by atoms with Gasteiger partial charge in [-0.2, -0.15) is 5.26 Å². The molecule has 0 radical (unpaired) electrons. The fourth-order valence-electron chi connectivity index (χ4n) is 3.45. The van der Waals surface area contributed by atoms with Gasteiger partial charge in [-0.3, -0.25) is 14.4 Å². The van der Waals surface area contributed by atoms with Crippen LogP contribution in [-0.4, -0.2) is 30.6 Å². The molecule has 1 heterocycles. The highest BCUT2D eigenvalue weighted by Gasteiger charge is 2.45. The first-order chi connectivity index (χ1) is 15.8. The minimum Gasteiger partial charge on any atom is -0.468 e. The number of nitrogens with one attached hydrogen (secondary N) is 2. The summed E-state index contributed by atoms with van der Waals surface area (Å²) in [5, 5.41) is 16.1. The van der Waals surface area contributed by atoms with Gasteiger partial charge in [0.15, 0.2) is 0 Å². The molecule has 1 aliphatic heterocycles. The van der Waals surface area contributed by atoms with Crippen LogP contribution in [0.1, 0.15) is 17.0 Å². The second kappa shape index (κ2) is 10.8. The number of carbonyl (C=O) groups is 3. The van der Waals surface area contributed by atoms with Crippen LogP contribution in [0.2, 0.25) is 10.0 Å². The van der Waals surface area contributed by atoms with E-state index in [1.807, 2.05) is 19.1 Å². The Labute approximate surface area is 205 Å². The van der Waals surface area contributed by atoms with E-state index in [1.165, 1.54) is 6.07 Å². The van der Waals surface area contributed by atoms with Crippen molar-refractivity contribution in [2.45, 2.75) is 12.8 Å². The van der Waals surface area contributed by atoms with E-state index in [0.717, 1.165) is 24.4 Å². The molecule has 33 heavy (non-hydrogen) atoms. The molecule has 10 heteroatoms. The third-order valence-electron chi connectivity index (χ3n) is 5.05. The summed E-state index contributed by atoms with van der Waals surface area (Å²) in [6, 6.07) is 14.0. The standard InChI is InChI=1S/C23H19Cl2N3O4S/c1-12-5-3-4-6-17(12)27-18(29)11-33-22-15(10-26)19(14-8-7-13(24)9-16(14)25)20(21(30)28-22)23(31)32-2/h3-9,19-20H,11H2,1-2H3,(H,27,29)(H,28,30)/t19-,20-/m0/s1. The smallest absolute Gasteiger partial charge is 0.319 e. The minimum absolute atomic E-state index is 0.0703. The molecular formula is C23H19Cl2N3O4S. The number of rotatable bonds is 6. The molecule has 0 unspecified atom stereocenters. The van der Waals surface area contributed by atoms with Crippen LogP contribution in [0, 0.1) is 24.2 Å². The number of aryl methyl sites for hydroxylation is 1. The SMILES string of the molecule is COC(=O)[C@@H]1C(=O)NC(SCC(=O)Nc2ccccc2C)=C(C#N)[C@@H]1c1ccc(Cl)cc1Cl. The fraction of sp³-hybridized carbons (Fsp3) is 0.217. The molecule has 0 aromatic heterocycles. The third-order valence-corrected chi connectivity index (χ3v) is 6.63. The number of thioether (sulfide) groups is 1. The van der Waals surface area contributed by atoms with Gasteiger partial charge in [0.2, 0.25) is 11.8 Å². The number of benzene rings is 2. The molecule has 2 N–H and O–H groups in total. The van der Waals surface area contributed by atoms with Crippen molar-refractivity contribution in [3.05, 3.63) is 74.2 Å². The number of esters is 1. The van der Waals surface area contributed by atoms with Crippen molar-refractivity contribution in [1.29, 1.82) is 5.26 Å². The van der Waals surface area contributed by atoms with Gasteiger partial charge < -0.3 is 15.4 Å². The molecule has 2 aromatic rings. The molecule has 3 rings (SSSR count). The predicted molar refractivity (Wildman–Crippen MR) is 128 cm³/mol. The summed E-state index contributed by atoms with van der Waals surface area (Å²) < 4.78 is 4.81. The molecule has 2 aromatic carbocycles. The summed E-state index contributed by atoms with van der Waals surface area (Å²) in [5.74, 6) is -4.17. The summed E-state index contributed by atoms with van der Waals surface area (Å²) >= 11 is 13.3. The van der Waals surface area contributed by atoms with Gasteiger partial charge in [0.05, 0.1) is 29.5 Å². The van der Waals surface area contributed by atoms with E-state index in [-0.39, 0.29) is 27.3 Å². The summed E-state index contributed by atoms with van der Waals surface area (Å²) in [5.41, 5.74) is 2.05. The topological polar surface area (TPSA) is 108 Å². The Morgan fingerprint density at radius 1 is 1.24 bits per heavy atom. The van der Waals surface area contributed by atoms with Gasteiger partial charge in [0.25, 0.3) is 0 Å². The van der Waals surface area contributed by atoms with Gasteiger partial charge in [-0.1, -0.05) is 59.2 Å². The molecule has 7 nitrogen and oxygen atoms in total. The number of para-hydroxylation sites is 1. The van der Waals surface area contributed by atoms with Crippen LogP contribution >= 0.6 is 35.0 Å². The monoisotopic (exact) mass is 503 g/mol. The number of methoxy groups -OCH3 is 1. The van der Waals surface area contributed by atoms with E-state index in [9.17, 15) is 19.6 Å². The molecule has 0 spiro atoms. The Hall–Kier alpha value is -2.99. The molecule has 0 bridgehead atoms. The number of nitriles is 1. The number of hydrogen-bond acceptors (Lipinski definition) is 6. The van der Waals surface area contributed by atoms with Gasteiger partial charge in [0, 0.05) is 21.7 Å². The predicted octanol–water partition coefficient (Wildman–Crippen LogP) is 4.41. The van der Waals surface area contributed by atoms with Crippen molar-refractivity contribution >= 4 is 58.4 Å². The highest BCUT2D eigenvalue weighted by atomic mass is 35.5. The normalized spacial score (nSPS) is 17.7. The Morgan fingerprint density at radius 3 is 2.61 bits per heavy atom. The average molecular weight is 504 g/mol. The lowest BCUT2D eigenvalue weighted by atomic mass is 9.78. The summed E-state index contributed by atoms with van der Waals surface area (Å²) in [7, 11) is 1.16. The molecule has 2 atom stereocenters. The van der Waals surface area contributed by atoms with Crippen molar-refractivity contribution in [2.24, 2.45) is 5.92 Å². The molecule has 1 aliphatic rings. The van der Waals surface area contributed by atoms with Crippen molar-refractivity contribution < 1.29 is 19.1 Å².